The van der Waals surface area contributed by atoms with Crippen LogP contribution in [-0.4, -0.2) is 12.5 Å². The van der Waals surface area contributed by atoms with Crippen molar-refractivity contribution in [3.8, 4) is 5.75 Å². The second-order valence-electron chi connectivity index (χ2n) is 4.05. The number of anilines is 2. The van der Waals surface area contributed by atoms with Crippen molar-refractivity contribution in [1.82, 2.24) is 0 Å². The van der Waals surface area contributed by atoms with Crippen LogP contribution in [0.25, 0.3) is 0 Å². The van der Waals surface area contributed by atoms with Crippen molar-refractivity contribution < 1.29 is 9.53 Å². The highest BCUT2D eigenvalue weighted by molar-refractivity contribution is 5.93. The summed E-state index contributed by atoms with van der Waals surface area (Å²) in [5.74, 6) is 0.642. The minimum absolute atomic E-state index is 0.117. The molecule has 2 aromatic carbocycles. The van der Waals surface area contributed by atoms with Crippen molar-refractivity contribution >= 4 is 17.3 Å². The molecule has 0 atom stereocenters. The monoisotopic (exact) mass is 256 g/mol. The zero-order chi connectivity index (χ0) is 13.5. The first kappa shape index (κ1) is 13.0. The first-order chi connectivity index (χ1) is 9.25. The Morgan fingerprint density at radius 3 is 2.47 bits per heavy atom. The number of nitrogens with two attached hydrogens (primary N) is 1. The fraction of sp³-hybridized carbons (Fsp3) is 0.133. The molecule has 0 unspecified atom stereocenters. The minimum atomic E-state index is -0.117. The Morgan fingerprint density at radius 1 is 1.05 bits per heavy atom. The summed E-state index contributed by atoms with van der Waals surface area (Å²) in [4.78, 5) is 11.7. The van der Waals surface area contributed by atoms with Gasteiger partial charge in [0.1, 0.15) is 5.75 Å². The van der Waals surface area contributed by atoms with E-state index in [1.165, 1.54) is 0 Å². The average Bonchev–Trinajstić information content (AvgIpc) is 2.43. The standard InChI is InChI=1S/C15H16N2O2/c16-13-8-4-5-9-14(13)17-15(18)10-11-19-12-6-2-1-3-7-12/h1-9H,10-11,16H2,(H,17,18). The molecule has 2 rings (SSSR count). The van der Waals surface area contributed by atoms with Crippen molar-refractivity contribution in [2.24, 2.45) is 0 Å². The van der Waals surface area contributed by atoms with E-state index in [-0.39, 0.29) is 12.3 Å². The summed E-state index contributed by atoms with van der Waals surface area (Å²) >= 11 is 0. The van der Waals surface area contributed by atoms with E-state index in [2.05, 4.69) is 5.32 Å². The van der Waals surface area contributed by atoms with Crippen molar-refractivity contribution in [3.05, 3.63) is 54.6 Å². The lowest BCUT2D eigenvalue weighted by Gasteiger charge is -2.08. The largest absolute Gasteiger partial charge is 0.493 e. The molecule has 4 nitrogen and oxygen atoms in total. The lowest BCUT2D eigenvalue weighted by atomic mass is 10.2. The van der Waals surface area contributed by atoms with Crippen molar-refractivity contribution in [1.29, 1.82) is 0 Å². The van der Waals surface area contributed by atoms with Crippen LogP contribution < -0.4 is 15.8 Å². The van der Waals surface area contributed by atoms with E-state index in [1.807, 2.05) is 42.5 Å². The highest BCUT2D eigenvalue weighted by Crippen LogP contribution is 2.16. The van der Waals surface area contributed by atoms with Crippen LogP contribution in [0.3, 0.4) is 0 Å². The summed E-state index contributed by atoms with van der Waals surface area (Å²) < 4.78 is 5.45. The predicted octanol–water partition coefficient (Wildman–Crippen LogP) is 2.68. The van der Waals surface area contributed by atoms with E-state index in [9.17, 15) is 4.79 Å². The van der Waals surface area contributed by atoms with E-state index >= 15 is 0 Å². The number of carbonyl (C=O) groups is 1. The first-order valence-electron chi connectivity index (χ1n) is 6.08. The Hall–Kier alpha value is -2.49. The quantitative estimate of drug-likeness (QED) is 0.808. The summed E-state index contributed by atoms with van der Waals surface area (Å²) in [7, 11) is 0. The molecule has 2 aromatic rings. The lowest BCUT2D eigenvalue weighted by Crippen LogP contribution is -2.16. The molecule has 0 aliphatic heterocycles. The van der Waals surface area contributed by atoms with Crippen LogP contribution in [0.4, 0.5) is 11.4 Å². The van der Waals surface area contributed by atoms with Crippen LogP contribution >= 0.6 is 0 Å². The Balaban J connectivity index is 1.78. The predicted molar refractivity (Wildman–Crippen MR) is 76.0 cm³/mol. The molecular weight excluding hydrogens is 240 g/mol. The highest BCUT2D eigenvalue weighted by Gasteiger charge is 2.04. The van der Waals surface area contributed by atoms with Crippen molar-refractivity contribution in [2.45, 2.75) is 6.42 Å². The van der Waals surface area contributed by atoms with Crippen LogP contribution in [0.5, 0.6) is 5.75 Å². The summed E-state index contributed by atoms with van der Waals surface area (Å²) in [5.41, 5.74) is 6.93. The van der Waals surface area contributed by atoms with Crippen molar-refractivity contribution in [3.63, 3.8) is 0 Å². The summed E-state index contributed by atoms with van der Waals surface area (Å²) in [5, 5.41) is 2.75. The molecule has 3 N–H and O–H groups in total. The number of rotatable bonds is 5. The third kappa shape index (κ3) is 4.03. The number of para-hydroxylation sites is 3. The Bertz CT molecular complexity index is 541. The molecule has 0 aromatic heterocycles. The molecule has 0 saturated heterocycles. The summed E-state index contributed by atoms with van der Waals surface area (Å²) in [6.07, 6.45) is 0.281. The number of hydrogen-bond donors (Lipinski definition) is 2. The van der Waals surface area contributed by atoms with Gasteiger partial charge in [-0.25, -0.2) is 0 Å². The van der Waals surface area contributed by atoms with Gasteiger partial charge in [0.25, 0.3) is 0 Å². The van der Waals surface area contributed by atoms with Crippen LogP contribution in [0.2, 0.25) is 0 Å². The molecule has 98 valence electrons. The highest BCUT2D eigenvalue weighted by atomic mass is 16.5. The number of benzene rings is 2. The topological polar surface area (TPSA) is 64.3 Å². The molecule has 0 fully saturated rings. The Kier molecular flexibility index (Phi) is 4.39. The van der Waals surface area contributed by atoms with E-state index < -0.39 is 0 Å². The maximum Gasteiger partial charge on any atom is 0.227 e. The third-order valence-corrected chi connectivity index (χ3v) is 2.58. The molecular formula is C15H16N2O2. The van der Waals surface area contributed by atoms with E-state index in [0.29, 0.717) is 18.0 Å². The second-order valence-corrected chi connectivity index (χ2v) is 4.05. The maximum atomic E-state index is 11.7. The maximum absolute atomic E-state index is 11.7. The van der Waals surface area contributed by atoms with Gasteiger partial charge in [-0.2, -0.15) is 0 Å². The van der Waals surface area contributed by atoms with Gasteiger partial charge in [-0.3, -0.25) is 4.79 Å². The summed E-state index contributed by atoms with van der Waals surface area (Å²) in [6, 6.07) is 16.6. The fourth-order valence-electron chi connectivity index (χ4n) is 1.60. The number of nitrogens with one attached hydrogen (secondary N) is 1. The zero-order valence-corrected chi connectivity index (χ0v) is 10.5. The smallest absolute Gasteiger partial charge is 0.227 e. The van der Waals surface area contributed by atoms with Gasteiger partial charge < -0.3 is 15.8 Å². The summed E-state index contributed by atoms with van der Waals surface area (Å²) in [6.45, 7) is 0.336. The van der Waals surface area contributed by atoms with Crippen molar-refractivity contribution in [2.75, 3.05) is 17.7 Å². The number of nitrogen functional groups attached to an aromatic ring is 1. The molecule has 0 radical (unpaired) electrons. The van der Waals surface area contributed by atoms with E-state index in [4.69, 9.17) is 10.5 Å². The number of ether oxygens (including phenoxy) is 1. The minimum Gasteiger partial charge on any atom is -0.493 e. The van der Waals surface area contributed by atoms with Crippen LogP contribution in [0.15, 0.2) is 54.6 Å². The Morgan fingerprint density at radius 2 is 1.74 bits per heavy atom. The molecule has 0 spiro atoms. The first-order valence-corrected chi connectivity index (χ1v) is 6.08. The Labute approximate surface area is 112 Å². The van der Waals surface area contributed by atoms with Crippen LogP contribution in [0, 0.1) is 0 Å². The lowest BCUT2D eigenvalue weighted by molar-refractivity contribution is -0.116. The normalized spacial score (nSPS) is 9.89. The van der Waals surface area contributed by atoms with Gasteiger partial charge in [-0.05, 0) is 24.3 Å². The number of hydrogen-bond acceptors (Lipinski definition) is 3. The zero-order valence-electron chi connectivity index (χ0n) is 10.5. The third-order valence-electron chi connectivity index (χ3n) is 2.58. The SMILES string of the molecule is Nc1ccccc1NC(=O)CCOc1ccccc1. The molecule has 4 heteroatoms. The van der Waals surface area contributed by atoms with Gasteiger partial charge in [0.05, 0.1) is 24.4 Å². The van der Waals surface area contributed by atoms with Gasteiger partial charge >= 0.3 is 0 Å². The molecule has 1 amide bonds. The number of amides is 1. The molecule has 0 heterocycles. The molecule has 0 aliphatic rings. The average molecular weight is 256 g/mol. The fourth-order valence-corrected chi connectivity index (χ4v) is 1.60. The number of carbonyl (C=O) groups excluding carboxylic acids is 1. The van der Waals surface area contributed by atoms with Gasteiger partial charge in [0.2, 0.25) is 5.91 Å². The van der Waals surface area contributed by atoms with Gasteiger partial charge in [-0.15, -0.1) is 0 Å². The molecule has 0 bridgehead atoms. The van der Waals surface area contributed by atoms with Gasteiger partial charge in [-0.1, -0.05) is 30.3 Å². The van der Waals surface area contributed by atoms with Crippen LogP contribution in [0.1, 0.15) is 6.42 Å². The van der Waals surface area contributed by atoms with E-state index in [1.54, 1.807) is 12.1 Å². The second kappa shape index (κ2) is 6.44. The van der Waals surface area contributed by atoms with Gasteiger partial charge in [0, 0.05) is 0 Å². The molecule has 0 saturated carbocycles. The van der Waals surface area contributed by atoms with Crippen LogP contribution in [-0.2, 0) is 4.79 Å². The van der Waals surface area contributed by atoms with Gasteiger partial charge in [0.15, 0.2) is 0 Å². The molecule has 0 aliphatic carbocycles. The molecule has 19 heavy (non-hydrogen) atoms. The van der Waals surface area contributed by atoms with E-state index in [0.717, 1.165) is 5.75 Å².